The highest BCUT2D eigenvalue weighted by Gasteiger charge is 2.36. The zero-order valence-corrected chi connectivity index (χ0v) is 6.24. The van der Waals surface area contributed by atoms with Crippen LogP contribution in [0.3, 0.4) is 0 Å². The first-order chi connectivity index (χ1) is 4.19. The maximum Gasteiger partial charge on any atom is 0.137 e. The third-order valence-electron chi connectivity index (χ3n) is 1.77. The Balaban J connectivity index is 2.70. The van der Waals surface area contributed by atoms with Gasteiger partial charge in [0.25, 0.3) is 0 Å². The molecule has 0 bridgehead atoms. The van der Waals surface area contributed by atoms with Crippen LogP contribution >= 0.6 is 11.8 Å². The number of hydrogen-bond donors (Lipinski definition) is 1. The maximum atomic E-state index is 9.51. The molecule has 2 heteroatoms. The van der Waals surface area contributed by atoms with Gasteiger partial charge in [0.1, 0.15) is 5.60 Å². The molecule has 1 heterocycles. The molecule has 0 radical (unpaired) electrons. The lowest BCUT2D eigenvalue weighted by molar-refractivity contribution is 0.108. The molecule has 50 valence electrons. The summed E-state index contributed by atoms with van der Waals surface area (Å²) in [6, 6.07) is 0. The van der Waals surface area contributed by atoms with Crippen molar-refractivity contribution >= 4 is 11.8 Å². The topological polar surface area (TPSA) is 20.2 Å². The number of hydrogen-bond acceptors (Lipinski definition) is 2. The van der Waals surface area contributed by atoms with Crippen molar-refractivity contribution in [3.63, 3.8) is 0 Å². The Morgan fingerprint density at radius 1 is 1.89 bits per heavy atom. The Kier molecular flexibility index (Phi) is 1.74. The van der Waals surface area contributed by atoms with E-state index < -0.39 is 5.60 Å². The second-order valence-electron chi connectivity index (χ2n) is 2.33. The molecule has 0 saturated carbocycles. The van der Waals surface area contributed by atoms with Gasteiger partial charge in [-0.15, -0.1) is 6.42 Å². The molecule has 0 aromatic carbocycles. The Bertz CT molecular complexity index is 149. The normalized spacial score (nSPS) is 42.6. The molecular weight excluding hydrogens is 132 g/mol. The molecular formula is C7H10OS. The Morgan fingerprint density at radius 2 is 2.56 bits per heavy atom. The minimum atomic E-state index is -0.815. The average molecular weight is 142 g/mol. The summed E-state index contributed by atoms with van der Waals surface area (Å²) >= 11 is 1.74. The highest BCUT2D eigenvalue weighted by molar-refractivity contribution is 8.00. The van der Waals surface area contributed by atoms with E-state index in [0.29, 0.717) is 0 Å². The van der Waals surface area contributed by atoms with Crippen LogP contribution in [0, 0.1) is 12.3 Å². The smallest absolute Gasteiger partial charge is 0.137 e. The summed E-state index contributed by atoms with van der Waals surface area (Å²) in [5.74, 6) is 3.41. The molecule has 0 aromatic rings. The van der Waals surface area contributed by atoms with Crippen molar-refractivity contribution in [3.8, 4) is 12.3 Å². The molecule has 0 aliphatic carbocycles. The Labute approximate surface area is 59.8 Å². The summed E-state index contributed by atoms with van der Waals surface area (Å²) < 4.78 is 0. The summed E-state index contributed by atoms with van der Waals surface area (Å²) in [5.41, 5.74) is -0.815. The van der Waals surface area contributed by atoms with Gasteiger partial charge in [-0.3, -0.25) is 0 Å². The number of thioether (sulfide) groups is 1. The summed E-state index contributed by atoms with van der Waals surface area (Å²) in [5, 5.41) is 9.72. The lowest BCUT2D eigenvalue weighted by Crippen LogP contribution is -2.31. The molecule has 0 spiro atoms. The predicted molar refractivity (Wildman–Crippen MR) is 40.3 cm³/mol. The highest BCUT2D eigenvalue weighted by atomic mass is 32.2. The zero-order valence-electron chi connectivity index (χ0n) is 5.42. The number of terminal acetylenes is 1. The lowest BCUT2D eigenvalue weighted by atomic mass is 9.99. The molecule has 2 atom stereocenters. The van der Waals surface area contributed by atoms with Crippen molar-refractivity contribution in [2.45, 2.75) is 24.2 Å². The predicted octanol–water partition coefficient (Wildman–Crippen LogP) is 0.876. The van der Waals surface area contributed by atoms with Gasteiger partial charge in [0.15, 0.2) is 0 Å². The fourth-order valence-electron chi connectivity index (χ4n) is 0.922. The van der Waals surface area contributed by atoms with E-state index >= 15 is 0 Å². The van der Waals surface area contributed by atoms with Crippen LogP contribution in [0.2, 0.25) is 0 Å². The quantitative estimate of drug-likeness (QED) is 0.507. The van der Waals surface area contributed by atoms with Gasteiger partial charge in [0, 0.05) is 5.25 Å². The van der Waals surface area contributed by atoms with Crippen LogP contribution in [0.25, 0.3) is 0 Å². The third-order valence-corrected chi connectivity index (χ3v) is 3.10. The third kappa shape index (κ3) is 1.08. The van der Waals surface area contributed by atoms with Gasteiger partial charge in [-0.05, 0) is 19.1 Å². The standard InChI is InChI=1S/C7H10OS/c1-3-7(8)4-5-9-6(7)2/h1,6,8H,4-5H2,2H3. The largest absolute Gasteiger partial charge is 0.376 e. The van der Waals surface area contributed by atoms with Crippen molar-refractivity contribution in [3.05, 3.63) is 0 Å². The molecule has 1 saturated heterocycles. The van der Waals surface area contributed by atoms with Gasteiger partial charge >= 0.3 is 0 Å². The van der Waals surface area contributed by atoms with E-state index in [1.54, 1.807) is 11.8 Å². The van der Waals surface area contributed by atoms with Gasteiger partial charge in [0.2, 0.25) is 0 Å². The maximum absolute atomic E-state index is 9.51. The van der Waals surface area contributed by atoms with E-state index in [1.165, 1.54) is 0 Å². The van der Waals surface area contributed by atoms with Crippen LogP contribution in [0.4, 0.5) is 0 Å². The van der Waals surface area contributed by atoms with Gasteiger partial charge in [0.05, 0.1) is 0 Å². The molecule has 1 N–H and O–H groups in total. The summed E-state index contributed by atoms with van der Waals surface area (Å²) in [7, 11) is 0. The molecule has 1 aliphatic heterocycles. The molecule has 1 fully saturated rings. The van der Waals surface area contributed by atoms with E-state index in [0.717, 1.165) is 12.2 Å². The first-order valence-electron chi connectivity index (χ1n) is 3.01. The van der Waals surface area contributed by atoms with Crippen LogP contribution in [-0.4, -0.2) is 21.7 Å². The fourth-order valence-corrected chi connectivity index (χ4v) is 2.17. The van der Waals surface area contributed by atoms with Crippen molar-refractivity contribution in [1.29, 1.82) is 0 Å². The van der Waals surface area contributed by atoms with Crippen molar-refractivity contribution in [2.75, 3.05) is 5.75 Å². The average Bonchev–Trinajstić information content (AvgIpc) is 2.15. The monoisotopic (exact) mass is 142 g/mol. The van der Waals surface area contributed by atoms with Crippen LogP contribution in [-0.2, 0) is 0 Å². The SMILES string of the molecule is C#CC1(O)CCSC1C. The summed E-state index contributed by atoms with van der Waals surface area (Å²) in [4.78, 5) is 0. The molecule has 0 aromatic heterocycles. The van der Waals surface area contributed by atoms with Crippen molar-refractivity contribution < 1.29 is 5.11 Å². The molecule has 1 rings (SSSR count). The molecule has 0 amide bonds. The number of rotatable bonds is 0. The van der Waals surface area contributed by atoms with Gasteiger partial charge in [-0.1, -0.05) is 5.92 Å². The van der Waals surface area contributed by atoms with Gasteiger partial charge in [-0.25, -0.2) is 0 Å². The molecule has 1 nitrogen and oxygen atoms in total. The first-order valence-corrected chi connectivity index (χ1v) is 4.05. The minimum Gasteiger partial charge on any atom is -0.376 e. The lowest BCUT2D eigenvalue weighted by Gasteiger charge is -2.18. The summed E-state index contributed by atoms with van der Waals surface area (Å²) in [6.07, 6.45) is 5.89. The van der Waals surface area contributed by atoms with E-state index in [9.17, 15) is 5.11 Å². The molecule has 9 heavy (non-hydrogen) atoms. The second kappa shape index (κ2) is 2.24. The summed E-state index contributed by atoms with van der Waals surface area (Å²) in [6.45, 7) is 1.97. The molecule has 2 unspecified atom stereocenters. The van der Waals surface area contributed by atoms with E-state index in [1.807, 2.05) is 6.92 Å². The van der Waals surface area contributed by atoms with Crippen LogP contribution in [0.5, 0.6) is 0 Å². The first kappa shape index (κ1) is 6.98. The van der Waals surface area contributed by atoms with E-state index in [2.05, 4.69) is 5.92 Å². The van der Waals surface area contributed by atoms with Crippen LogP contribution < -0.4 is 0 Å². The zero-order chi connectivity index (χ0) is 6.91. The van der Waals surface area contributed by atoms with Gasteiger partial charge in [-0.2, -0.15) is 11.8 Å². The van der Waals surface area contributed by atoms with Gasteiger partial charge < -0.3 is 5.11 Å². The molecule has 1 aliphatic rings. The second-order valence-corrected chi connectivity index (χ2v) is 3.78. The van der Waals surface area contributed by atoms with Crippen molar-refractivity contribution in [1.82, 2.24) is 0 Å². The van der Waals surface area contributed by atoms with Crippen LogP contribution in [0.15, 0.2) is 0 Å². The van der Waals surface area contributed by atoms with Crippen molar-refractivity contribution in [2.24, 2.45) is 0 Å². The Morgan fingerprint density at radius 3 is 2.78 bits per heavy atom. The highest BCUT2D eigenvalue weighted by Crippen LogP contribution is 2.34. The van der Waals surface area contributed by atoms with E-state index in [4.69, 9.17) is 6.42 Å². The van der Waals surface area contributed by atoms with E-state index in [-0.39, 0.29) is 5.25 Å². The fraction of sp³-hybridized carbons (Fsp3) is 0.714. The van der Waals surface area contributed by atoms with Crippen LogP contribution in [0.1, 0.15) is 13.3 Å². The minimum absolute atomic E-state index is 0.211. The Hall–Kier alpha value is -0.130. The number of aliphatic hydroxyl groups is 1.